The van der Waals surface area contributed by atoms with Gasteiger partial charge in [0.05, 0.1) is 6.54 Å². The molecule has 0 spiro atoms. The summed E-state index contributed by atoms with van der Waals surface area (Å²) in [7, 11) is 0. The van der Waals surface area contributed by atoms with Crippen molar-refractivity contribution in [2.45, 2.75) is 45.6 Å². The van der Waals surface area contributed by atoms with E-state index in [2.05, 4.69) is 5.32 Å². The molecule has 126 valence electrons. The quantitative estimate of drug-likeness (QED) is 0.897. The fraction of sp³-hybridized carbons (Fsp3) is 0.556. The molecule has 0 aliphatic heterocycles. The van der Waals surface area contributed by atoms with Crippen molar-refractivity contribution in [2.24, 2.45) is 5.92 Å². The molecule has 23 heavy (non-hydrogen) atoms. The Balaban J connectivity index is 1.97. The standard InChI is InChI=1S/C18H25ClN2O2/c1-5-21(11-16(22)20-18(2,3)4)17(23)14-10-13(14)12-8-6-7-9-15(12)19/h6-9,13-14H,5,10-11H2,1-4H3,(H,20,22). The highest BCUT2D eigenvalue weighted by Gasteiger charge is 2.46. The van der Waals surface area contributed by atoms with Crippen molar-refractivity contribution in [3.05, 3.63) is 34.9 Å². The third kappa shape index (κ3) is 4.71. The Bertz CT molecular complexity index is 595. The predicted molar refractivity (Wildman–Crippen MR) is 92.4 cm³/mol. The van der Waals surface area contributed by atoms with Crippen LogP contribution in [0.5, 0.6) is 0 Å². The Morgan fingerprint density at radius 1 is 1.30 bits per heavy atom. The highest BCUT2D eigenvalue weighted by atomic mass is 35.5. The highest BCUT2D eigenvalue weighted by molar-refractivity contribution is 6.31. The molecule has 1 aliphatic carbocycles. The van der Waals surface area contributed by atoms with E-state index in [0.717, 1.165) is 12.0 Å². The van der Waals surface area contributed by atoms with Crippen LogP contribution in [-0.2, 0) is 9.59 Å². The van der Waals surface area contributed by atoms with Crippen molar-refractivity contribution in [2.75, 3.05) is 13.1 Å². The molecule has 1 N–H and O–H groups in total. The molecule has 2 unspecified atom stereocenters. The van der Waals surface area contributed by atoms with Gasteiger partial charge in [-0.05, 0) is 51.7 Å². The first-order chi connectivity index (χ1) is 10.7. The molecule has 4 nitrogen and oxygen atoms in total. The van der Waals surface area contributed by atoms with Gasteiger partial charge in [-0.2, -0.15) is 0 Å². The summed E-state index contributed by atoms with van der Waals surface area (Å²) in [6.45, 7) is 8.32. The topological polar surface area (TPSA) is 49.4 Å². The lowest BCUT2D eigenvalue weighted by Crippen LogP contribution is -2.47. The number of carbonyl (C=O) groups is 2. The van der Waals surface area contributed by atoms with E-state index in [0.29, 0.717) is 11.6 Å². The number of benzene rings is 1. The zero-order valence-corrected chi connectivity index (χ0v) is 15.0. The Kier molecular flexibility index (Phi) is 5.35. The predicted octanol–water partition coefficient (Wildman–Crippen LogP) is 3.21. The monoisotopic (exact) mass is 336 g/mol. The third-order valence-corrected chi connectivity index (χ3v) is 4.30. The number of hydrogen-bond donors (Lipinski definition) is 1. The van der Waals surface area contributed by atoms with E-state index < -0.39 is 0 Å². The summed E-state index contributed by atoms with van der Waals surface area (Å²) in [5.41, 5.74) is 0.738. The fourth-order valence-corrected chi connectivity index (χ4v) is 3.07. The van der Waals surface area contributed by atoms with E-state index in [1.165, 1.54) is 0 Å². The number of likely N-dealkylation sites (N-methyl/N-ethyl adjacent to an activating group) is 1. The number of amides is 2. The van der Waals surface area contributed by atoms with Gasteiger partial charge in [0.1, 0.15) is 0 Å². The first kappa shape index (κ1) is 17.8. The maximum absolute atomic E-state index is 12.6. The summed E-state index contributed by atoms with van der Waals surface area (Å²) in [5, 5.41) is 3.61. The van der Waals surface area contributed by atoms with E-state index in [-0.39, 0.29) is 35.7 Å². The average molecular weight is 337 g/mol. The Morgan fingerprint density at radius 3 is 2.52 bits per heavy atom. The van der Waals surface area contributed by atoms with Crippen LogP contribution in [0.25, 0.3) is 0 Å². The summed E-state index contributed by atoms with van der Waals surface area (Å²) in [6.07, 6.45) is 0.806. The van der Waals surface area contributed by atoms with Gasteiger partial charge in [-0.3, -0.25) is 9.59 Å². The molecule has 0 aromatic heterocycles. The van der Waals surface area contributed by atoms with Crippen LogP contribution >= 0.6 is 11.6 Å². The molecule has 1 saturated carbocycles. The molecular formula is C18H25ClN2O2. The van der Waals surface area contributed by atoms with Crippen molar-refractivity contribution in [1.82, 2.24) is 10.2 Å². The molecule has 1 aliphatic rings. The summed E-state index contributed by atoms with van der Waals surface area (Å²) in [6, 6.07) is 7.66. The number of rotatable bonds is 5. The molecule has 0 heterocycles. The van der Waals surface area contributed by atoms with Gasteiger partial charge in [0, 0.05) is 23.0 Å². The molecule has 2 amide bonds. The smallest absolute Gasteiger partial charge is 0.240 e. The largest absolute Gasteiger partial charge is 0.350 e. The van der Waals surface area contributed by atoms with Gasteiger partial charge in [-0.1, -0.05) is 29.8 Å². The van der Waals surface area contributed by atoms with Crippen LogP contribution in [0.1, 0.15) is 45.6 Å². The second-order valence-electron chi connectivity index (χ2n) is 7.12. The minimum absolute atomic E-state index is 0.0430. The van der Waals surface area contributed by atoms with Gasteiger partial charge in [0.2, 0.25) is 11.8 Å². The summed E-state index contributed by atoms with van der Waals surface area (Å²) >= 11 is 6.21. The SMILES string of the molecule is CCN(CC(=O)NC(C)(C)C)C(=O)C1CC1c1ccccc1Cl. The molecule has 5 heteroatoms. The van der Waals surface area contributed by atoms with Crippen molar-refractivity contribution in [3.8, 4) is 0 Å². The maximum Gasteiger partial charge on any atom is 0.240 e. The van der Waals surface area contributed by atoms with Crippen molar-refractivity contribution in [1.29, 1.82) is 0 Å². The van der Waals surface area contributed by atoms with Crippen LogP contribution in [0.15, 0.2) is 24.3 Å². The maximum atomic E-state index is 12.6. The first-order valence-corrected chi connectivity index (χ1v) is 8.45. The van der Waals surface area contributed by atoms with E-state index in [1.807, 2.05) is 52.0 Å². The molecule has 0 radical (unpaired) electrons. The summed E-state index contributed by atoms with van der Waals surface area (Å²) in [4.78, 5) is 26.3. The molecular weight excluding hydrogens is 312 g/mol. The first-order valence-electron chi connectivity index (χ1n) is 8.07. The van der Waals surface area contributed by atoms with Crippen LogP contribution in [0.4, 0.5) is 0 Å². The van der Waals surface area contributed by atoms with Crippen molar-refractivity contribution < 1.29 is 9.59 Å². The van der Waals surface area contributed by atoms with Crippen LogP contribution < -0.4 is 5.32 Å². The number of carbonyl (C=O) groups excluding carboxylic acids is 2. The molecule has 2 atom stereocenters. The number of nitrogens with one attached hydrogen (secondary N) is 1. The molecule has 1 fully saturated rings. The van der Waals surface area contributed by atoms with Gasteiger partial charge in [-0.15, -0.1) is 0 Å². The van der Waals surface area contributed by atoms with Crippen LogP contribution in [0, 0.1) is 5.92 Å². The zero-order chi connectivity index (χ0) is 17.2. The van der Waals surface area contributed by atoms with Crippen molar-refractivity contribution in [3.63, 3.8) is 0 Å². The van der Waals surface area contributed by atoms with Gasteiger partial charge < -0.3 is 10.2 Å². The van der Waals surface area contributed by atoms with E-state index in [9.17, 15) is 9.59 Å². The van der Waals surface area contributed by atoms with Crippen LogP contribution in [0.3, 0.4) is 0 Å². The van der Waals surface area contributed by atoms with Gasteiger partial charge in [0.15, 0.2) is 0 Å². The Morgan fingerprint density at radius 2 is 1.96 bits per heavy atom. The van der Waals surface area contributed by atoms with E-state index >= 15 is 0 Å². The lowest BCUT2D eigenvalue weighted by Gasteiger charge is -2.25. The number of nitrogens with zero attached hydrogens (tertiary/aromatic N) is 1. The number of hydrogen-bond acceptors (Lipinski definition) is 2. The molecule has 0 bridgehead atoms. The fourth-order valence-electron chi connectivity index (χ4n) is 2.80. The second kappa shape index (κ2) is 6.91. The molecule has 1 aromatic rings. The summed E-state index contributed by atoms with van der Waals surface area (Å²) < 4.78 is 0. The van der Waals surface area contributed by atoms with Crippen LogP contribution in [-0.4, -0.2) is 35.3 Å². The lowest BCUT2D eigenvalue weighted by atomic mass is 10.1. The second-order valence-corrected chi connectivity index (χ2v) is 7.53. The molecule has 0 saturated heterocycles. The Hall–Kier alpha value is -1.55. The van der Waals surface area contributed by atoms with Crippen molar-refractivity contribution >= 4 is 23.4 Å². The zero-order valence-electron chi connectivity index (χ0n) is 14.2. The van der Waals surface area contributed by atoms with Gasteiger partial charge >= 0.3 is 0 Å². The third-order valence-electron chi connectivity index (χ3n) is 3.95. The minimum atomic E-state index is -0.292. The Labute approximate surface area is 143 Å². The highest BCUT2D eigenvalue weighted by Crippen LogP contribution is 2.50. The number of halogens is 1. The van der Waals surface area contributed by atoms with Crippen LogP contribution in [0.2, 0.25) is 5.02 Å². The lowest BCUT2D eigenvalue weighted by molar-refractivity contribution is -0.137. The minimum Gasteiger partial charge on any atom is -0.350 e. The normalized spacial score (nSPS) is 20.0. The van der Waals surface area contributed by atoms with Gasteiger partial charge in [0.25, 0.3) is 0 Å². The summed E-state index contributed by atoms with van der Waals surface area (Å²) in [5.74, 6) is 0.0392. The molecule has 1 aromatic carbocycles. The van der Waals surface area contributed by atoms with E-state index in [1.54, 1.807) is 4.90 Å². The van der Waals surface area contributed by atoms with Gasteiger partial charge in [-0.25, -0.2) is 0 Å². The van der Waals surface area contributed by atoms with E-state index in [4.69, 9.17) is 11.6 Å². The molecule has 2 rings (SSSR count). The average Bonchev–Trinajstić information content (AvgIpc) is 3.23.